The summed E-state index contributed by atoms with van der Waals surface area (Å²) >= 11 is 6.33. The molecule has 0 spiro atoms. The van der Waals surface area contributed by atoms with Crippen LogP contribution in [0.3, 0.4) is 0 Å². The zero-order valence-corrected chi connectivity index (χ0v) is 18.6. The van der Waals surface area contributed by atoms with Crippen LogP contribution < -0.4 is 9.64 Å². The second-order valence-electron chi connectivity index (χ2n) is 7.53. The lowest BCUT2D eigenvalue weighted by molar-refractivity contribution is -0.132. The molecule has 1 unspecified atom stereocenters. The van der Waals surface area contributed by atoms with E-state index in [1.54, 1.807) is 36.4 Å². The van der Waals surface area contributed by atoms with Gasteiger partial charge in [0.1, 0.15) is 23.3 Å². The third-order valence-corrected chi connectivity index (χ3v) is 5.86. The zero-order chi connectivity index (χ0) is 23.0. The minimum atomic E-state index is -0.945. The highest BCUT2D eigenvalue weighted by atomic mass is 35.5. The largest absolute Gasteiger partial charge is 0.507 e. The molecule has 0 saturated carbocycles. The molecule has 1 amide bonds. The Morgan fingerprint density at radius 2 is 1.91 bits per heavy atom. The Balaban J connectivity index is 1.93. The number of anilines is 1. The molecule has 0 radical (unpaired) electrons. The summed E-state index contributed by atoms with van der Waals surface area (Å²) in [4.78, 5) is 27.6. The molecule has 32 heavy (non-hydrogen) atoms. The van der Waals surface area contributed by atoms with Crippen LogP contribution in [0, 0.1) is 13.8 Å². The van der Waals surface area contributed by atoms with Crippen molar-refractivity contribution in [1.29, 1.82) is 0 Å². The van der Waals surface area contributed by atoms with Crippen LogP contribution in [0.4, 0.5) is 5.69 Å². The van der Waals surface area contributed by atoms with Crippen LogP contribution in [0.25, 0.3) is 5.76 Å². The molecule has 1 fully saturated rings. The number of amides is 1. The minimum absolute atomic E-state index is 0.0984. The van der Waals surface area contributed by atoms with Gasteiger partial charge in [0.05, 0.1) is 23.5 Å². The van der Waals surface area contributed by atoms with Gasteiger partial charge in [0, 0.05) is 11.3 Å². The van der Waals surface area contributed by atoms with Gasteiger partial charge in [0.15, 0.2) is 0 Å². The molecule has 3 aromatic rings. The standard InChI is InChI=1S/C25H22ClNO5/c1-4-31-17-9-10-19(26)18(13-17)23(28)21-22(20-6-5-11-32-20)27(25(30)24(21)29)16-8-7-14(2)15(3)12-16/h5-13,22,28H,4H2,1-3H3/b23-21-. The highest BCUT2D eigenvalue weighted by molar-refractivity contribution is 6.52. The fraction of sp³-hybridized carbons (Fsp3) is 0.200. The number of aliphatic hydroxyl groups excluding tert-OH is 1. The predicted molar refractivity (Wildman–Crippen MR) is 122 cm³/mol. The molecule has 4 rings (SSSR count). The quantitative estimate of drug-likeness (QED) is 0.311. The van der Waals surface area contributed by atoms with Crippen molar-refractivity contribution in [3.05, 3.63) is 87.8 Å². The molecule has 1 saturated heterocycles. The van der Waals surface area contributed by atoms with Gasteiger partial charge in [-0.15, -0.1) is 0 Å². The Kier molecular flexibility index (Phi) is 5.80. The smallest absolute Gasteiger partial charge is 0.300 e. The Bertz CT molecular complexity index is 1230. The summed E-state index contributed by atoms with van der Waals surface area (Å²) in [6.45, 7) is 6.15. The maximum absolute atomic E-state index is 13.2. The first-order valence-corrected chi connectivity index (χ1v) is 10.6. The van der Waals surface area contributed by atoms with E-state index < -0.39 is 17.7 Å². The van der Waals surface area contributed by atoms with Crippen LogP contribution >= 0.6 is 11.6 Å². The number of hydrogen-bond donors (Lipinski definition) is 1. The molecule has 0 aliphatic carbocycles. The summed E-state index contributed by atoms with van der Waals surface area (Å²) in [6.07, 6.45) is 1.46. The van der Waals surface area contributed by atoms with Gasteiger partial charge in [0.25, 0.3) is 11.7 Å². The highest BCUT2D eigenvalue weighted by Gasteiger charge is 2.48. The van der Waals surface area contributed by atoms with Gasteiger partial charge in [-0.25, -0.2) is 0 Å². The lowest BCUT2D eigenvalue weighted by Gasteiger charge is -2.24. The molecule has 1 aromatic heterocycles. The topological polar surface area (TPSA) is 80.0 Å². The number of nitrogens with zero attached hydrogens (tertiary/aromatic N) is 1. The highest BCUT2D eigenvalue weighted by Crippen LogP contribution is 2.43. The number of halogens is 1. The normalized spacial score (nSPS) is 17.8. The van der Waals surface area contributed by atoms with Crippen LogP contribution in [0.15, 0.2) is 64.8 Å². The maximum Gasteiger partial charge on any atom is 0.300 e. The number of hydrogen-bond acceptors (Lipinski definition) is 5. The number of carbonyl (C=O) groups is 2. The fourth-order valence-electron chi connectivity index (χ4n) is 3.78. The Hall–Kier alpha value is -3.51. The average molecular weight is 452 g/mol. The first-order valence-electron chi connectivity index (χ1n) is 10.2. The minimum Gasteiger partial charge on any atom is -0.507 e. The molecule has 1 aliphatic rings. The molecule has 0 bridgehead atoms. The van der Waals surface area contributed by atoms with E-state index in [1.165, 1.54) is 11.2 Å². The fourth-order valence-corrected chi connectivity index (χ4v) is 3.98. The summed E-state index contributed by atoms with van der Waals surface area (Å²) < 4.78 is 11.1. The van der Waals surface area contributed by atoms with E-state index in [1.807, 2.05) is 32.9 Å². The number of ether oxygens (including phenoxy) is 1. The first-order chi connectivity index (χ1) is 15.3. The third kappa shape index (κ3) is 3.67. The van der Waals surface area contributed by atoms with Crippen molar-refractivity contribution in [2.24, 2.45) is 0 Å². The number of Topliss-reactive ketones (excluding diaryl/α,β-unsaturated/α-hetero) is 1. The van der Waals surface area contributed by atoms with Crippen molar-refractivity contribution in [3.8, 4) is 5.75 Å². The number of rotatable bonds is 5. The summed E-state index contributed by atoms with van der Waals surface area (Å²) in [5.74, 6) is -1.13. The second kappa shape index (κ2) is 8.55. The molecule has 2 aromatic carbocycles. The molecular weight excluding hydrogens is 430 g/mol. The third-order valence-electron chi connectivity index (χ3n) is 5.53. The number of aryl methyl sites for hydroxylation is 2. The molecule has 1 atom stereocenters. The van der Waals surface area contributed by atoms with Crippen molar-refractivity contribution in [1.82, 2.24) is 0 Å². The molecule has 7 heteroatoms. The maximum atomic E-state index is 13.2. The van der Waals surface area contributed by atoms with E-state index in [-0.39, 0.29) is 21.9 Å². The monoisotopic (exact) mass is 451 g/mol. The van der Waals surface area contributed by atoms with Crippen molar-refractivity contribution >= 4 is 34.7 Å². The summed E-state index contributed by atoms with van der Waals surface area (Å²) in [5, 5.41) is 11.4. The lowest BCUT2D eigenvalue weighted by Crippen LogP contribution is -2.29. The van der Waals surface area contributed by atoms with Gasteiger partial charge < -0.3 is 14.3 Å². The van der Waals surface area contributed by atoms with Crippen molar-refractivity contribution in [2.45, 2.75) is 26.8 Å². The van der Waals surface area contributed by atoms with Gasteiger partial charge >= 0.3 is 0 Å². The zero-order valence-electron chi connectivity index (χ0n) is 17.9. The van der Waals surface area contributed by atoms with Gasteiger partial charge in [-0.1, -0.05) is 17.7 Å². The van der Waals surface area contributed by atoms with E-state index in [4.69, 9.17) is 20.8 Å². The van der Waals surface area contributed by atoms with Crippen LogP contribution in [0.2, 0.25) is 5.02 Å². The lowest BCUT2D eigenvalue weighted by atomic mass is 9.98. The van der Waals surface area contributed by atoms with Crippen molar-refractivity contribution in [2.75, 3.05) is 11.5 Å². The van der Waals surface area contributed by atoms with Gasteiger partial charge in [-0.05, 0) is 74.4 Å². The van der Waals surface area contributed by atoms with Crippen LogP contribution in [0.5, 0.6) is 5.75 Å². The summed E-state index contributed by atoms with van der Waals surface area (Å²) in [7, 11) is 0. The van der Waals surface area contributed by atoms with E-state index in [2.05, 4.69) is 0 Å². The Morgan fingerprint density at radius 3 is 2.56 bits per heavy atom. The van der Waals surface area contributed by atoms with Gasteiger partial charge in [0.2, 0.25) is 0 Å². The Morgan fingerprint density at radius 1 is 1.12 bits per heavy atom. The van der Waals surface area contributed by atoms with E-state index in [9.17, 15) is 14.7 Å². The van der Waals surface area contributed by atoms with E-state index >= 15 is 0 Å². The summed E-state index contributed by atoms with van der Waals surface area (Å²) in [6, 6.07) is 12.7. The van der Waals surface area contributed by atoms with Crippen LogP contribution in [-0.2, 0) is 9.59 Å². The van der Waals surface area contributed by atoms with Gasteiger partial charge in [-0.3, -0.25) is 14.5 Å². The van der Waals surface area contributed by atoms with Crippen LogP contribution in [0.1, 0.15) is 35.4 Å². The summed E-state index contributed by atoms with van der Waals surface area (Å²) in [5.41, 5.74) is 2.66. The average Bonchev–Trinajstić information content (AvgIpc) is 3.38. The Labute approximate surface area is 190 Å². The van der Waals surface area contributed by atoms with E-state index in [0.29, 0.717) is 23.8 Å². The number of benzene rings is 2. The SMILES string of the molecule is CCOc1ccc(Cl)c(/C(O)=C2/C(=O)C(=O)N(c3ccc(C)c(C)c3)C2c2ccco2)c1. The van der Waals surface area contributed by atoms with Crippen molar-refractivity contribution in [3.63, 3.8) is 0 Å². The molecular formula is C25H22ClNO5. The second-order valence-corrected chi connectivity index (χ2v) is 7.93. The molecule has 6 nitrogen and oxygen atoms in total. The number of ketones is 1. The van der Waals surface area contributed by atoms with Crippen LogP contribution in [-0.4, -0.2) is 23.4 Å². The molecule has 1 aliphatic heterocycles. The number of carbonyl (C=O) groups excluding carboxylic acids is 2. The van der Waals surface area contributed by atoms with Crippen molar-refractivity contribution < 1.29 is 23.8 Å². The predicted octanol–water partition coefficient (Wildman–Crippen LogP) is 5.57. The number of furan rings is 1. The molecule has 1 N–H and O–H groups in total. The van der Waals surface area contributed by atoms with Gasteiger partial charge in [-0.2, -0.15) is 0 Å². The molecule has 2 heterocycles. The number of aliphatic hydroxyl groups is 1. The first kappa shape index (κ1) is 21.7. The van der Waals surface area contributed by atoms with E-state index in [0.717, 1.165) is 11.1 Å². The molecule has 164 valence electrons.